The smallest absolute Gasteiger partial charge is 0.0903 e. The summed E-state index contributed by atoms with van der Waals surface area (Å²) in [5.41, 5.74) is 1.32. The zero-order chi connectivity index (χ0) is 31.5. The molecule has 0 saturated heterocycles. The van der Waals surface area contributed by atoms with Gasteiger partial charge in [0.2, 0.25) is 0 Å². The van der Waals surface area contributed by atoms with Gasteiger partial charge in [0.1, 0.15) is 0 Å². The van der Waals surface area contributed by atoms with Gasteiger partial charge in [0, 0.05) is 30.6 Å². The van der Waals surface area contributed by atoms with Crippen molar-refractivity contribution in [1.82, 2.24) is 4.90 Å². The molecule has 0 fully saturated rings. The lowest BCUT2D eigenvalue weighted by Crippen LogP contribution is -2.44. The minimum Gasteiger partial charge on any atom is -0.362 e. The van der Waals surface area contributed by atoms with E-state index in [-0.39, 0.29) is 0 Å². The number of nitrogens with zero attached hydrogens (tertiary/aromatic N) is 2. The molecule has 5 aromatic carbocycles. The van der Waals surface area contributed by atoms with E-state index >= 15 is 0 Å². The molecule has 0 atom stereocenters. The van der Waals surface area contributed by atoms with Crippen LogP contribution in [0.15, 0.2) is 146 Å². The second kappa shape index (κ2) is 16.7. The van der Waals surface area contributed by atoms with Crippen LogP contribution >= 0.6 is 27.6 Å². The van der Waals surface area contributed by atoms with Crippen molar-refractivity contribution in [3.63, 3.8) is 0 Å². The van der Waals surface area contributed by atoms with Crippen LogP contribution in [0.2, 0.25) is 13.1 Å². The van der Waals surface area contributed by atoms with Crippen LogP contribution in [0.4, 0.5) is 5.69 Å². The van der Waals surface area contributed by atoms with Crippen molar-refractivity contribution in [2.24, 2.45) is 0 Å². The summed E-state index contributed by atoms with van der Waals surface area (Å²) in [6.45, 7) is 6.19. The molecule has 0 aliphatic heterocycles. The van der Waals surface area contributed by atoms with Crippen LogP contribution in [0.5, 0.6) is 0 Å². The lowest BCUT2D eigenvalue weighted by Gasteiger charge is -2.34. The van der Waals surface area contributed by atoms with Crippen LogP contribution in [0.25, 0.3) is 0 Å². The van der Waals surface area contributed by atoms with Gasteiger partial charge in [-0.05, 0) is 68.7 Å². The van der Waals surface area contributed by atoms with Gasteiger partial charge in [-0.25, -0.2) is 0 Å². The molecule has 0 aromatic heterocycles. The molecule has 2 nitrogen and oxygen atoms in total. The summed E-state index contributed by atoms with van der Waals surface area (Å²) in [5.74, 6) is 1.19. The molecule has 5 aromatic rings. The zero-order valence-corrected chi connectivity index (χ0v) is 30.7. The minimum atomic E-state index is -1.55. The lowest BCUT2D eigenvalue weighted by atomic mass is 10.3. The van der Waals surface area contributed by atoms with Crippen LogP contribution in [0.1, 0.15) is 0 Å². The number of anilines is 1. The van der Waals surface area contributed by atoms with Crippen molar-refractivity contribution in [2.75, 3.05) is 49.2 Å². The van der Waals surface area contributed by atoms with E-state index in [0.717, 1.165) is 19.1 Å². The number of benzene rings is 5. The Balaban J connectivity index is 1.50. The van der Waals surface area contributed by atoms with Gasteiger partial charge in [0.15, 0.2) is 0 Å². The second-order valence-electron chi connectivity index (χ2n) is 12.3. The van der Waals surface area contributed by atoms with Crippen molar-refractivity contribution < 1.29 is 0 Å². The molecule has 0 spiro atoms. The van der Waals surface area contributed by atoms with Crippen molar-refractivity contribution in [3.8, 4) is 0 Å². The molecule has 5 rings (SSSR count). The molecule has 45 heavy (non-hydrogen) atoms. The Morgan fingerprint density at radius 3 is 1.27 bits per heavy atom. The molecule has 0 N–H and O–H groups in total. The first kappa shape index (κ1) is 33.6. The largest absolute Gasteiger partial charge is 0.362 e. The van der Waals surface area contributed by atoms with Gasteiger partial charge in [0.25, 0.3) is 0 Å². The summed E-state index contributed by atoms with van der Waals surface area (Å²) < 4.78 is 0. The van der Waals surface area contributed by atoms with Gasteiger partial charge in [-0.2, -0.15) is 11.8 Å². The first-order valence-corrected chi connectivity index (χ1v) is 23.2. The zero-order valence-electron chi connectivity index (χ0n) is 27.1. The third-order valence-electron chi connectivity index (χ3n) is 8.06. The van der Waals surface area contributed by atoms with Crippen LogP contribution in [0, 0.1) is 0 Å². The average Bonchev–Trinajstić information content (AvgIpc) is 3.08. The Morgan fingerprint density at radius 1 is 0.533 bits per heavy atom. The van der Waals surface area contributed by atoms with Gasteiger partial charge in [-0.1, -0.05) is 152 Å². The number of thioether (sulfide) groups is 1. The fourth-order valence-corrected chi connectivity index (χ4v) is 15.0. The monoisotopic (exact) mass is 664 g/mol. The van der Waals surface area contributed by atoms with Crippen molar-refractivity contribution in [3.05, 3.63) is 146 Å². The highest BCUT2D eigenvalue weighted by molar-refractivity contribution is 8.01. The van der Waals surface area contributed by atoms with E-state index in [1.165, 1.54) is 38.0 Å². The first-order valence-electron chi connectivity index (χ1n) is 15.7. The summed E-state index contributed by atoms with van der Waals surface area (Å²) in [6.07, 6.45) is 1.95. The number of hydrogen-bond donors (Lipinski definition) is 0. The maximum Gasteiger partial charge on any atom is 0.0903 e. The summed E-state index contributed by atoms with van der Waals surface area (Å²) in [5, 5.41) is 8.50. The van der Waals surface area contributed by atoms with Crippen LogP contribution in [-0.2, 0) is 0 Å². The number of hydrogen-bond acceptors (Lipinski definition) is 3. The summed E-state index contributed by atoms with van der Waals surface area (Å²) in [7, 11) is 1.60. The second-order valence-corrected chi connectivity index (χ2v) is 23.0. The summed E-state index contributed by atoms with van der Waals surface area (Å²) in [6, 6.07) is 54.3. The predicted molar refractivity (Wildman–Crippen MR) is 210 cm³/mol. The van der Waals surface area contributed by atoms with E-state index in [4.69, 9.17) is 0 Å². The third-order valence-corrected chi connectivity index (χ3v) is 19.1. The molecule has 0 unspecified atom stereocenters. The Morgan fingerprint density at radius 2 is 0.911 bits per heavy atom. The van der Waals surface area contributed by atoms with Gasteiger partial charge in [-0.3, -0.25) is 0 Å². The molecule has 0 bridgehead atoms. The Kier molecular flexibility index (Phi) is 12.5. The highest BCUT2D eigenvalue weighted by atomic mass is 32.2. The van der Waals surface area contributed by atoms with Crippen LogP contribution in [0.3, 0.4) is 0 Å². The molecular formula is C39H46N2P2SSi. The molecule has 0 aliphatic carbocycles. The maximum absolute atomic E-state index is 2.70. The third kappa shape index (κ3) is 9.64. The maximum atomic E-state index is 2.70. The van der Waals surface area contributed by atoms with E-state index < -0.39 is 23.9 Å². The molecular weight excluding hydrogens is 619 g/mol. The molecule has 0 amide bonds. The highest BCUT2D eigenvalue weighted by Gasteiger charge is 2.26. The van der Waals surface area contributed by atoms with E-state index in [0.29, 0.717) is 0 Å². The Bertz CT molecular complexity index is 1390. The molecule has 0 heterocycles. The van der Waals surface area contributed by atoms with Gasteiger partial charge >= 0.3 is 0 Å². The van der Waals surface area contributed by atoms with Gasteiger partial charge in [0.05, 0.1) is 8.07 Å². The first-order chi connectivity index (χ1) is 21.9. The molecule has 6 heteroatoms. The van der Waals surface area contributed by atoms with E-state index in [2.05, 4.69) is 194 Å². The topological polar surface area (TPSA) is 6.48 Å². The molecule has 0 saturated carbocycles. The lowest BCUT2D eigenvalue weighted by molar-refractivity contribution is 0.437. The summed E-state index contributed by atoms with van der Waals surface area (Å²) >= 11 is 2.12. The average molecular weight is 665 g/mol. The standard InChI is InChI=1S/C39H46N2P2SSi/c1-40(2)29-30-44-33-45(3,4)39-27-25-34(26-28-39)41(31-42(35-17-9-5-10-18-35)36-19-11-6-12-20-36)32-43(37-21-13-7-14-22-37)38-23-15-8-16-24-38/h5-28H,29-33H2,1-4H3. The SMILES string of the molecule is CN(C)CCSC[Si](C)(C)c1ccc(N(CP(c2ccccc2)c2ccccc2)CP(c2ccccc2)c2ccccc2)cc1. The van der Waals surface area contributed by atoms with Crippen LogP contribution in [-0.4, -0.2) is 57.3 Å². The van der Waals surface area contributed by atoms with Crippen molar-refractivity contribution in [1.29, 1.82) is 0 Å². The van der Waals surface area contributed by atoms with Gasteiger partial charge in [-0.15, -0.1) is 0 Å². The minimum absolute atomic E-state index is 0.590. The highest BCUT2D eigenvalue weighted by Crippen LogP contribution is 2.41. The van der Waals surface area contributed by atoms with Gasteiger partial charge < -0.3 is 9.80 Å². The summed E-state index contributed by atoms with van der Waals surface area (Å²) in [4.78, 5) is 4.98. The number of rotatable bonds is 15. The quantitative estimate of drug-likeness (QED) is 0.0654. The Hall–Kier alpha value is -2.71. The normalized spacial score (nSPS) is 11.8. The van der Waals surface area contributed by atoms with E-state index in [1.807, 2.05) is 0 Å². The fraction of sp³-hybridized carbons (Fsp3) is 0.231. The van der Waals surface area contributed by atoms with E-state index in [1.54, 1.807) is 5.19 Å². The van der Waals surface area contributed by atoms with Crippen molar-refractivity contribution in [2.45, 2.75) is 13.1 Å². The van der Waals surface area contributed by atoms with E-state index in [9.17, 15) is 0 Å². The molecule has 0 radical (unpaired) electrons. The van der Waals surface area contributed by atoms with Crippen molar-refractivity contribution >= 4 is 67.8 Å². The molecule has 0 aliphatic rings. The Labute approximate surface area is 279 Å². The fourth-order valence-electron chi connectivity index (χ4n) is 5.39. The van der Waals surface area contributed by atoms with Crippen LogP contribution < -0.4 is 31.3 Å². The molecule has 232 valence electrons. The predicted octanol–water partition coefficient (Wildman–Crippen LogP) is 7.42.